The lowest BCUT2D eigenvalue weighted by atomic mass is 10.00. The monoisotopic (exact) mass is 281 g/mol. The Kier molecular flexibility index (Phi) is 2.57. The van der Waals surface area contributed by atoms with Crippen LogP contribution in [0.3, 0.4) is 0 Å². The van der Waals surface area contributed by atoms with E-state index in [2.05, 4.69) is 4.98 Å². The molecule has 0 amide bonds. The fraction of sp³-hybridized carbons (Fsp3) is 0.118. The van der Waals surface area contributed by atoms with E-state index in [0.717, 1.165) is 23.1 Å². The molecule has 0 spiro atoms. The minimum absolute atomic E-state index is 0.0671. The number of hydrogen-bond donors (Lipinski definition) is 1. The third-order valence-electron chi connectivity index (χ3n) is 3.84. The van der Waals surface area contributed by atoms with Crippen molar-refractivity contribution in [3.05, 3.63) is 65.1 Å². The second kappa shape index (κ2) is 4.45. The van der Waals surface area contributed by atoms with Crippen molar-refractivity contribution in [1.82, 2.24) is 4.98 Å². The molecule has 0 aliphatic carbocycles. The number of fused-ring (bicyclic) bond motifs is 2. The maximum atomic E-state index is 13.2. The molecular weight excluding hydrogens is 269 g/mol. The van der Waals surface area contributed by atoms with Crippen molar-refractivity contribution in [3.63, 3.8) is 0 Å². The van der Waals surface area contributed by atoms with Gasteiger partial charge < -0.3 is 9.72 Å². The molecule has 0 saturated carbocycles. The van der Waals surface area contributed by atoms with Gasteiger partial charge in [-0.2, -0.15) is 0 Å². The Morgan fingerprint density at radius 2 is 2.10 bits per heavy atom. The van der Waals surface area contributed by atoms with E-state index in [-0.39, 0.29) is 11.6 Å². The third-order valence-corrected chi connectivity index (χ3v) is 3.84. The molecule has 1 aliphatic rings. The number of carbonyl (C=O) groups excluding carboxylic acids is 1. The first-order valence-electron chi connectivity index (χ1n) is 6.79. The van der Waals surface area contributed by atoms with Gasteiger partial charge in [-0.25, -0.2) is 4.39 Å². The number of rotatable bonds is 2. The van der Waals surface area contributed by atoms with E-state index in [1.54, 1.807) is 18.3 Å². The van der Waals surface area contributed by atoms with Crippen molar-refractivity contribution in [1.29, 1.82) is 0 Å². The molecule has 3 aromatic rings. The molecule has 0 bridgehead atoms. The molecule has 1 aromatic heterocycles. The van der Waals surface area contributed by atoms with Crippen LogP contribution in [-0.4, -0.2) is 17.4 Å². The van der Waals surface area contributed by atoms with Crippen LogP contribution >= 0.6 is 0 Å². The Morgan fingerprint density at radius 1 is 1.19 bits per heavy atom. The number of halogens is 1. The summed E-state index contributed by atoms with van der Waals surface area (Å²) < 4.78 is 18.6. The van der Waals surface area contributed by atoms with Gasteiger partial charge in [-0.05, 0) is 42.0 Å². The van der Waals surface area contributed by atoms with E-state index in [1.807, 2.05) is 12.1 Å². The van der Waals surface area contributed by atoms with Gasteiger partial charge in [-0.3, -0.25) is 4.79 Å². The average Bonchev–Trinajstić information content (AvgIpc) is 3.11. The highest BCUT2D eigenvalue weighted by Crippen LogP contribution is 2.28. The van der Waals surface area contributed by atoms with Crippen molar-refractivity contribution in [3.8, 4) is 5.75 Å². The van der Waals surface area contributed by atoms with Crippen LogP contribution in [0.1, 0.15) is 21.5 Å². The first kappa shape index (κ1) is 12.1. The van der Waals surface area contributed by atoms with Crippen molar-refractivity contribution in [2.24, 2.45) is 0 Å². The van der Waals surface area contributed by atoms with Crippen LogP contribution in [0.15, 0.2) is 42.6 Å². The largest absolute Gasteiger partial charge is 0.493 e. The van der Waals surface area contributed by atoms with Gasteiger partial charge in [0.2, 0.25) is 0 Å². The lowest BCUT2D eigenvalue weighted by Gasteiger charge is -2.03. The number of ether oxygens (including phenoxy) is 1. The quantitative estimate of drug-likeness (QED) is 0.731. The molecule has 0 fully saturated rings. The average molecular weight is 281 g/mol. The molecule has 0 unspecified atom stereocenters. The zero-order valence-electron chi connectivity index (χ0n) is 11.2. The van der Waals surface area contributed by atoms with E-state index < -0.39 is 0 Å². The summed E-state index contributed by atoms with van der Waals surface area (Å²) in [6.45, 7) is 0.666. The number of H-pyrrole nitrogens is 1. The molecule has 0 saturated heterocycles. The van der Waals surface area contributed by atoms with E-state index in [9.17, 15) is 9.18 Å². The Labute approximate surface area is 120 Å². The first-order valence-corrected chi connectivity index (χ1v) is 6.79. The second-order valence-electron chi connectivity index (χ2n) is 5.14. The Morgan fingerprint density at radius 3 is 3.00 bits per heavy atom. The van der Waals surface area contributed by atoms with Gasteiger partial charge in [0.15, 0.2) is 5.78 Å². The third kappa shape index (κ3) is 1.91. The number of aromatic nitrogens is 1. The lowest BCUT2D eigenvalue weighted by Crippen LogP contribution is -2.00. The van der Waals surface area contributed by atoms with Crippen LogP contribution in [0.4, 0.5) is 4.39 Å². The summed E-state index contributed by atoms with van der Waals surface area (Å²) in [6.07, 6.45) is 2.46. The molecule has 1 aliphatic heterocycles. The molecular formula is C17H12FNO2. The summed E-state index contributed by atoms with van der Waals surface area (Å²) in [5.41, 5.74) is 2.88. The predicted molar refractivity (Wildman–Crippen MR) is 77.3 cm³/mol. The number of carbonyl (C=O) groups is 1. The summed E-state index contributed by atoms with van der Waals surface area (Å²) in [5.74, 6) is 0.466. The van der Waals surface area contributed by atoms with Crippen LogP contribution in [0.25, 0.3) is 10.9 Å². The maximum absolute atomic E-state index is 13.2. The van der Waals surface area contributed by atoms with Gasteiger partial charge in [0.05, 0.1) is 6.61 Å². The molecule has 3 nitrogen and oxygen atoms in total. The van der Waals surface area contributed by atoms with E-state index in [1.165, 1.54) is 12.1 Å². The smallest absolute Gasteiger partial charge is 0.195 e. The molecule has 4 heteroatoms. The normalized spacial score (nSPS) is 13.2. The molecule has 0 atom stereocenters. The van der Waals surface area contributed by atoms with Gasteiger partial charge in [-0.15, -0.1) is 0 Å². The molecule has 2 aromatic carbocycles. The molecule has 2 heterocycles. The van der Waals surface area contributed by atoms with Crippen molar-refractivity contribution in [2.45, 2.75) is 6.42 Å². The summed E-state index contributed by atoms with van der Waals surface area (Å²) in [5, 5.41) is 0.734. The fourth-order valence-corrected chi connectivity index (χ4v) is 2.77. The van der Waals surface area contributed by atoms with Crippen LogP contribution in [0.2, 0.25) is 0 Å². The van der Waals surface area contributed by atoms with Crippen LogP contribution in [0.5, 0.6) is 5.75 Å². The Balaban J connectivity index is 1.79. The van der Waals surface area contributed by atoms with Gasteiger partial charge in [0.1, 0.15) is 11.6 Å². The van der Waals surface area contributed by atoms with E-state index in [4.69, 9.17) is 4.74 Å². The number of benzene rings is 2. The highest BCUT2D eigenvalue weighted by Gasteiger charge is 2.18. The van der Waals surface area contributed by atoms with Crippen molar-refractivity contribution >= 4 is 16.7 Å². The van der Waals surface area contributed by atoms with Gasteiger partial charge in [0, 0.05) is 34.6 Å². The molecule has 104 valence electrons. The second-order valence-corrected chi connectivity index (χ2v) is 5.14. The first-order chi connectivity index (χ1) is 10.2. The van der Waals surface area contributed by atoms with Crippen molar-refractivity contribution in [2.75, 3.05) is 6.61 Å². The fourth-order valence-electron chi connectivity index (χ4n) is 2.77. The zero-order valence-corrected chi connectivity index (χ0v) is 11.2. The number of aromatic amines is 1. The lowest BCUT2D eigenvalue weighted by molar-refractivity contribution is 0.104. The number of hydrogen-bond acceptors (Lipinski definition) is 2. The van der Waals surface area contributed by atoms with Crippen LogP contribution in [0, 0.1) is 5.82 Å². The Bertz CT molecular complexity index is 866. The molecule has 21 heavy (non-hydrogen) atoms. The minimum Gasteiger partial charge on any atom is -0.493 e. The van der Waals surface area contributed by atoms with Crippen LogP contribution in [-0.2, 0) is 6.42 Å². The van der Waals surface area contributed by atoms with E-state index >= 15 is 0 Å². The number of ketones is 1. The molecule has 1 N–H and O–H groups in total. The SMILES string of the molecule is O=C(c1ccc2c(c1)CCO2)c1c[nH]c2cc(F)ccc12. The highest BCUT2D eigenvalue weighted by atomic mass is 19.1. The van der Waals surface area contributed by atoms with Gasteiger partial charge in [-0.1, -0.05) is 0 Å². The van der Waals surface area contributed by atoms with Crippen molar-refractivity contribution < 1.29 is 13.9 Å². The Hall–Kier alpha value is -2.62. The summed E-state index contributed by atoms with van der Waals surface area (Å²) in [7, 11) is 0. The maximum Gasteiger partial charge on any atom is 0.195 e. The standard InChI is InChI=1S/C17H12FNO2/c18-12-2-3-13-14(9-19-15(13)8-12)17(20)11-1-4-16-10(7-11)5-6-21-16/h1-4,7-9,19H,5-6H2. The van der Waals surface area contributed by atoms with E-state index in [0.29, 0.717) is 23.3 Å². The summed E-state index contributed by atoms with van der Waals surface area (Å²) in [6, 6.07) is 9.88. The van der Waals surface area contributed by atoms with Gasteiger partial charge >= 0.3 is 0 Å². The van der Waals surface area contributed by atoms with Gasteiger partial charge in [0.25, 0.3) is 0 Å². The minimum atomic E-state index is -0.321. The summed E-state index contributed by atoms with van der Waals surface area (Å²) in [4.78, 5) is 15.6. The molecule has 4 rings (SSSR count). The number of nitrogens with one attached hydrogen (secondary N) is 1. The van der Waals surface area contributed by atoms with Crippen LogP contribution < -0.4 is 4.74 Å². The predicted octanol–water partition coefficient (Wildman–Crippen LogP) is 3.47. The zero-order chi connectivity index (χ0) is 14.4. The summed E-state index contributed by atoms with van der Waals surface area (Å²) >= 11 is 0. The topological polar surface area (TPSA) is 42.1 Å². The molecule has 0 radical (unpaired) electrons. The highest BCUT2D eigenvalue weighted by molar-refractivity contribution is 6.16.